The van der Waals surface area contributed by atoms with Crippen molar-refractivity contribution in [3.8, 4) is 0 Å². The number of halogens is 2. The third kappa shape index (κ3) is 2.23. The van der Waals surface area contributed by atoms with E-state index in [1.165, 1.54) is 19.2 Å². The number of hydrogen-bond donors (Lipinski definition) is 1. The molecule has 0 atom stereocenters. The van der Waals surface area contributed by atoms with Gasteiger partial charge in [-0.05, 0) is 25.3 Å². The third-order valence-electron chi connectivity index (χ3n) is 2.99. The minimum Gasteiger partial charge on any atom is -0.380 e. The fourth-order valence-electron chi connectivity index (χ4n) is 1.76. The van der Waals surface area contributed by atoms with Gasteiger partial charge < -0.3 is 10.5 Å². The van der Waals surface area contributed by atoms with Crippen LogP contribution in [0.5, 0.6) is 0 Å². The van der Waals surface area contributed by atoms with Crippen LogP contribution in [0.15, 0.2) is 12.1 Å². The first kappa shape index (κ1) is 11.5. The van der Waals surface area contributed by atoms with Gasteiger partial charge in [-0.15, -0.1) is 0 Å². The molecule has 4 heteroatoms. The Labute approximate surface area is 93.4 Å². The van der Waals surface area contributed by atoms with Crippen molar-refractivity contribution in [2.75, 3.05) is 7.11 Å². The van der Waals surface area contributed by atoms with Crippen molar-refractivity contribution in [3.05, 3.63) is 34.9 Å². The lowest BCUT2D eigenvalue weighted by Gasteiger charge is -2.12. The van der Waals surface area contributed by atoms with Gasteiger partial charge >= 0.3 is 0 Å². The lowest BCUT2D eigenvalue weighted by molar-refractivity contribution is 0.181. The Balaban J connectivity index is 2.30. The van der Waals surface area contributed by atoms with Crippen LogP contribution in [0.25, 0.3) is 0 Å². The Bertz CT molecular complexity index is 402. The average molecular weight is 227 g/mol. The highest BCUT2D eigenvalue weighted by atomic mass is 19.1. The highest BCUT2D eigenvalue weighted by Crippen LogP contribution is 2.37. The summed E-state index contributed by atoms with van der Waals surface area (Å²) < 4.78 is 32.3. The van der Waals surface area contributed by atoms with Crippen molar-refractivity contribution >= 4 is 0 Å². The highest BCUT2D eigenvalue weighted by molar-refractivity contribution is 5.30. The molecule has 0 radical (unpaired) electrons. The molecule has 0 heterocycles. The van der Waals surface area contributed by atoms with Crippen molar-refractivity contribution in [1.29, 1.82) is 0 Å². The summed E-state index contributed by atoms with van der Waals surface area (Å²) in [6, 6.07) is 2.69. The van der Waals surface area contributed by atoms with E-state index in [0.29, 0.717) is 5.56 Å². The Morgan fingerprint density at radius 2 is 2.06 bits per heavy atom. The molecule has 2 N–H and O–H groups in total. The van der Waals surface area contributed by atoms with E-state index in [0.717, 1.165) is 12.8 Å². The van der Waals surface area contributed by atoms with Gasteiger partial charge in [0.05, 0.1) is 6.61 Å². The van der Waals surface area contributed by atoms with E-state index in [2.05, 4.69) is 0 Å². The number of hydrogen-bond acceptors (Lipinski definition) is 2. The second kappa shape index (κ2) is 4.11. The predicted octanol–water partition coefficient (Wildman–Crippen LogP) is 2.15. The molecule has 1 aromatic rings. The zero-order valence-corrected chi connectivity index (χ0v) is 9.22. The van der Waals surface area contributed by atoms with Gasteiger partial charge in [0.15, 0.2) is 0 Å². The number of nitrogens with two attached hydrogens (primary N) is 1. The molecule has 88 valence electrons. The summed E-state index contributed by atoms with van der Waals surface area (Å²) >= 11 is 0. The molecule has 0 bridgehead atoms. The fraction of sp³-hybridized carbons (Fsp3) is 0.500. The van der Waals surface area contributed by atoms with Gasteiger partial charge in [-0.1, -0.05) is 6.07 Å². The molecule has 2 rings (SSSR count). The first-order chi connectivity index (χ1) is 7.56. The van der Waals surface area contributed by atoms with Gasteiger partial charge in [0.1, 0.15) is 11.6 Å². The van der Waals surface area contributed by atoms with Crippen LogP contribution in [-0.2, 0) is 17.8 Å². The van der Waals surface area contributed by atoms with Crippen molar-refractivity contribution in [2.24, 2.45) is 5.73 Å². The summed E-state index contributed by atoms with van der Waals surface area (Å²) in [4.78, 5) is 0. The number of ether oxygens (including phenoxy) is 1. The van der Waals surface area contributed by atoms with E-state index in [-0.39, 0.29) is 18.6 Å². The van der Waals surface area contributed by atoms with E-state index in [4.69, 9.17) is 10.5 Å². The van der Waals surface area contributed by atoms with Gasteiger partial charge in [0.25, 0.3) is 0 Å². The molecular weight excluding hydrogens is 212 g/mol. The van der Waals surface area contributed by atoms with Crippen LogP contribution in [0.1, 0.15) is 24.0 Å². The lowest BCUT2D eigenvalue weighted by Crippen LogP contribution is -2.26. The molecule has 0 aromatic heterocycles. The van der Waals surface area contributed by atoms with E-state index in [1.807, 2.05) is 0 Å². The molecule has 1 aromatic carbocycles. The number of benzene rings is 1. The van der Waals surface area contributed by atoms with Crippen LogP contribution in [0, 0.1) is 11.6 Å². The summed E-state index contributed by atoms with van der Waals surface area (Å²) in [6.45, 7) is 0.149. The van der Waals surface area contributed by atoms with Crippen LogP contribution in [-0.4, -0.2) is 12.6 Å². The van der Waals surface area contributed by atoms with E-state index < -0.39 is 17.2 Å². The molecule has 0 saturated heterocycles. The van der Waals surface area contributed by atoms with Crippen LogP contribution in [0.3, 0.4) is 0 Å². The van der Waals surface area contributed by atoms with Gasteiger partial charge in [0, 0.05) is 23.8 Å². The molecule has 2 nitrogen and oxygen atoms in total. The standard InChI is InChI=1S/C12H15F2NO/c1-16-7-8-2-3-10(13)9(11(8)14)6-12(15)4-5-12/h2-3H,4-7,15H2,1H3. The third-order valence-corrected chi connectivity index (χ3v) is 2.99. The first-order valence-electron chi connectivity index (χ1n) is 5.29. The van der Waals surface area contributed by atoms with Crippen molar-refractivity contribution in [3.63, 3.8) is 0 Å². The summed E-state index contributed by atoms with van der Waals surface area (Å²) in [6.07, 6.45) is 1.93. The molecule has 1 fully saturated rings. The quantitative estimate of drug-likeness (QED) is 0.855. The Morgan fingerprint density at radius 1 is 1.38 bits per heavy atom. The second-order valence-electron chi connectivity index (χ2n) is 4.47. The Morgan fingerprint density at radius 3 is 2.62 bits per heavy atom. The summed E-state index contributed by atoms with van der Waals surface area (Å²) in [7, 11) is 1.48. The Hall–Kier alpha value is -1.00. The first-order valence-corrected chi connectivity index (χ1v) is 5.29. The lowest BCUT2D eigenvalue weighted by atomic mass is 10.0. The predicted molar refractivity (Wildman–Crippen MR) is 56.9 cm³/mol. The van der Waals surface area contributed by atoms with E-state index in [9.17, 15) is 8.78 Å². The molecule has 0 amide bonds. The molecule has 0 spiro atoms. The van der Waals surface area contributed by atoms with Gasteiger partial charge in [0.2, 0.25) is 0 Å². The number of rotatable bonds is 4. The highest BCUT2D eigenvalue weighted by Gasteiger charge is 2.39. The summed E-state index contributed by atoms with van der Waals surface area (Å²) in [5.41, 5.74) is 5.95. The molecule has 1 aliphatic carbocycles. The van der Waals surface area contributed by atoms with E-state index in [1.54, 1.807) is 0 Å². The zero-order chi connectivity index (χ0) is 11.8. The van der Waals surface area contributed by atoms with Crippen LogP contribution in [0.2, 0.25) is 0 Å². The maximum absolute atomic E-state index is 13.9. The SMILES string of the molecule is COCc1ccc(F)c(CC2(N)CC2)c1F. The van der Waals surface area contributed by atoms with Gasteiger partial charge in [-0.25, -0.2) is 8.78 Å². The number of methoxy groups -OCH3 is 1. The normalized spacial score (nSPS) is 17.5. The van der Waals surface area contributed by atoms with Crippen LogP contribution >= 0.6 is 0 Å². The molecular formula is C12H15F2NO. The van der Waals surface area contributed by atoms with E-state index >= 15 is 0 Å². The monoisotopic (exact) mass is 227 g/mol. The van der Waals surface area contributed by atoms with Crippen molar-refractivity contribution in [1.82, 2.24) is 0 Å². The van der Waals surface area contributed by atoms with Crippen LogP contribution in [0.4, 0.5) is 8.78 Å². The second-order valence-corrected chi connectivity index (χ2v) is 4.47. The molecule has 16 heavy (non-hydrogen) atoms. The van der Waals surface area contributed by atoms with Gasteiger partial charge in [-0.3, -0.25) is 0 Å². The summed E-state index contributed by atoms with van der Waals surface area (Å²) in [5.74, 6) is -1.03. The molecule has 1 saturated carbocycles. The van der Waals surface area contributed by atoms with Crippen molar-refractivity contribution < 1.29 is 13.5 Å². The summed E-state index contributed by atoms with van der Waals surface area (Å²) in [5, 5.41) is 0. The minimum atomic E-state index is -0.519. The molecule has 0 aliphatic heterocycles. The zero-order valence-electron chi connectivity index (χ0n) is 9.22. The fourth-order valence-corrected chi connectivity index (χ4v) is 1.76. The minimum absolute atomic E-state index is 0.0922. The van der Waals surface area contributed by atoms with Gasteiger partial charge in [-0.2, -0.15) is 0 Å². The topological polar surface area (TPSA) is 35.2 Å². The maximum Gasteiger partial charge on any atom is 0.134 e. The smallest absolute Gasteiger partial charge is 0.134 e. The Kier molecular flexibility index (Phi) is 2.95. The molecule has 0 unspecified atom stereocenters. The van der Waals surface area contributed by atoms with Crippen LogP contribution < -0.4 is 5.73 Å². The average Bonchev–Trinajstić information content (AvgIpc) is 2.96. The maximum atomic E-state index is 13.9. The van der Waals surface area contributed by atoms with Crippen molar-refractivity contribution in [2.45, 2.75) is 31.4 Å². The molecule has 1 aliphatic rings. The largest absolute Gasteiger partial charge is 0.380 e.